The molecule has 0 unspecified atom stereocenters. The van der Waals surface area contributed by atoms with Gasteiger partial charge in [0, 0.05) is 29.9 Å². The van der Waals surface area contributed by atoms with Crippen LogP contribution in [0.3, 0.4) is 0 Å². The molecule has 2 saturated heterocycles. The first-order valence-electron chi connectivity index (χ1n) is 13.3. The predicted molar refractivity (Wildman–Crippen MR) is 136 cm³/mol. The van der Waals surface area contributed by atoms with E-state index in [0.717, 1.165) is 43.4 Å². The van der Waals surface area contributed by atoms with Crippen molar-refractivity contribution < 1.29 is 27.5 Å². The molecule has 10 heteroatoms. The number of alkyl halides is 3. The number of nitrogens with zero attached hydrogens (tertiary/aromatic N) is 2. The van der Waals surface area contributed by atoms with Crippen molar-refractivity contribution in [1.82, 2.24) is 20.5 Å². The predicted octanol–water partition coefficient (Wildman–Crippen LogP) is 4.19. The molecule has 2 aromatic rings. The summed E-state index contributed by atoms with van der Waals surface area (Å²) in [7, 11) is 0. The second kappa shape index (κ2) is 11.0. The molecule has 1 atom stereocenters. The van der Waals surface area contributed by atoms with Gasteiger partial charge in [-0.15, -0.1) is 0 Å². The molecular formula is C28H33F3N4O3. The Morgan fingerprint density at radius 2 is 1.76 bits per heavy atom. The highest BCUT2D eigenvalue weighted by Crippen LogP contribution is 2.58. The third-order valence-electron chi connectivity index (χ3n) is 7.99. The van der Waals surface area contributed by atoms with Crippen molar-refractivity contribution in [2.75, 3.05) is 32.8 Å². The standard InChI is InChI=1S/C28H33F3N4O3/c29-28(30,31)27(11-12-27)18-35-14-9-19(10-15-35)17-38-24-8-7-22(16-33-24)20-3-5-21(6-4-20)25(36)34-26(37)23-2-1-13-32-23/h3-8,16,19,23,32H,1-2,9-15,17-18H2,(H,34,36,37)/t23-/m0/s1. The normalized spacial score (nSPS) is 21.7. The van der Waals surface area contributed by atoms with Crippen LogP contribution in [-0.2, 0) is 4.79 Å². The lowest BCUT2D eigenvalue weighted by Crippen LogP contribution is -2.43. The van der Waals surface area contributed by atoms with E-state index in [1.807, 2.05) is 23.1 Å². The first-order valence-corrected chi connectivity index (χ1v) is 13.3. The van der Waals surface area contributed by atoms with Gasteiger partial charge in [-0.2, -0.15) is 13.2 Å². The van der Waals surface area contributed by atoms with Gasteiger partial charge in [-0.05, 0) is 87.8 Å². The molecule has 1 saturated carbocycles. The molecule has 7 nitrogen and oxygen atoms in total. The third-order valence-corrected chi connectivity index (χ3v) is 7.99. The van der Waals surface area contributed by atoms with E-state index in [0.29, 0.717) is 37.1 Å². The van der Waals surface area contributed by atoms with E-state index in [1.165, 1.54) is 0 Å². The fourth-order valence-corrected chi connectivity index (χ4v) is 5.25. The molecular weight excluding hydrogens is 497 g/mol. The zero-order chi connectivity index (χ0) is 26.8. The number of aromatic nitrogens is 1. The molecule has 204 valence electrons. The van der Waals surface area contributed by atoms with Crippen molar-refractivity contribution in [2.24, 2.45) is 11.3 Å². The van der Waals surface area contributed by atoms with E-state index in [-0.39, 0.29) is 31.3 Å². The highest BCUT2D eigenvalue weighted by atomic mass is 19.4. The van der Waals surface area contributed by atoms with Crippen molar-refractivity contribution in [3.05, 3.63) is 48.2 Å². The van der Waals surface area contributed by atoms with Crippen molar-refractivity contribution in [2.45, 2.75) is 50.7 Å². The molecule has 1 aromatic heterocycles. The number of likely N-dealkylation sites (tertiary alicyclic amines) is 1. The number of benzene rings is 1. The summed E-state index contributed by atoms with van der Waals surface area (Å²) >= 11 is 0. The molecule has 5 rings (SSSR count). The van der Waals surface area contributed by atoms with Gasteiger partial charge in [0.05, 0.1) is 18.1 Å². The third kappa shape index (κ3) is 6.18. The Morgan fingerprint density at radius 1 is 1.05 bits per heavy atom. The van der Waals surface area contributed by atoms with Crippen molar-refractivity contribution in [3.8, 4) is 17.0 Å². The van der Waals surface area contributed by atoms with E-state index >= 15 is 0 Å². The molecule has 0 radical (unpaired) electrons. The summed E-state index contributed by atoms with van der Waals surface area (Å²) in [5.41, 5.74) is 0.678. The Hall–Kier alpha value is -2.98. The summed E-state index contributed by atoms with van der Waals surface area (Å²) in [5, 5.41) is 5.52. The fraction of sp³-hybridized carbons (Fsp3) is 0.536. The lowest BCUT2D eigenvalue weighted by atomic mass is 9.96. The van der Waals surface area contributed by atoms with Gasteiger partial charge in [0.15, 0.2) is 0 Å². The first-order chi connectivity index (χ1) is 18.2. The minimum Gasteiger partial charge on any atom is -0.477 e. The van der Waals surface area contributed by atoms with Crippen LogP contribution in [-0.4, -0.2) is 66.7 Å². The number of halogens is 3. The maximum atomic E-state index is 13.2. The fourth-order valence-electron chi connectivity index (χ4n) is 5.25. The number of imide groups is 1. The molecule has 2 aliphatic heterocycles. The molecule has 2 amide bonds. The zero-order valence-corrected chi connectivity index (χ0v) is 21.2. The molecule has 0 spiro atoms. The van der Waals surface area contributed by atoms with Gasteiger partial charge in [0.25, 0.3) is 5.91 Å². The van der Waals surface area contributed by atoms with Crippen molar-refractivity contribution in [1.29, 1.82) is 0 Å². The Kier molecular flexibility index (Phi) is 7.72. The molecule has 0 bridgehead atoms. The second-order valence-electron chi connectivity index (χ2n) is 10.7. The maximum absolute atomic E-state index is 13.2. The van der Waals surface area contributed by atoms with Gasteiger partial charge in [-0.1, -0.05) is 12.1 Å². The lowest BCUT2D eigenvalue weighted by Gasteiger charge is -2.34. The highest BCUT2D eigenvalue weighted by Gasteiger charge is 2.63. The number of nitrogens with one attached hydrogen (secondary N) is 2. The number of piperidine rings is 1. The minimum absolute atomic E-state index is 0.120. The molecule has 3 heterocycles. The van der Waals surface area contributed by atoms with E-state index in [9.17, 15) is 22.8 Å². The van der Waals surface area contributed by atoms with Gasteiger partial charge in [0.2, 0.25) is 11.8 Å². The number of rotatable bonds is 8. The van der Waals surface area contributed by atoms with Gasteiger partial charge in [-0.25, -0.2) is 4.98 Å². The van der Waals surface area contributed by atoms with Crippen LogP contribution in [0.4, 0.5) is 13.2 Å². The van der Waals surface area contributed by atoms with Crippen LogP contribution in [0.25, 0.3) is 11.1 Å². The van der Waals surface area contributed by atoms with Crippen LogP contribution in [0.1, 0.15) is 48.9 Å². The van der Waals surface area contributed by atoms with Crippen LogP contribution in [0.5, 0.6) is 5.88 Å². The number of hydrogen-bond donors (Lipinski definition) is 2. The molecule has 2 N–H and O–H groups in total. The van der Waals surface area contributed by atoms with E-state index in [1.54, 1.807) is 24.4 Å². The zero-order valence-electron chi connectivity index (χ0n) is 21.2. The molecule has 3 fully saturated rings. The lowest BCUT2D eigenvalue weighted by molar-refractivity contribution is -0.192. The maximum Gasteiger partial charge on any atom is 0.395 e. The topological polar surface area (TPSA) is 83.6 Å². The number of carbonyl (C=O) groups is 2. The van der Waals surface area contributed by atoms with Gasteiger partial charge in [-0.3, -0.25) is 14.9 Å². The summed E-state index contributed by atoms with van der Waals surface area (Å²) in [6, 6.07) is 10.3. The average molecular weight is 531 g/mol. The Labute approximate surface area is 220 Å². The average Bonchev–Trinajstić information content (AvgIpc) is 3.50. The SMILES string of the molecule is O=C(NC(=O)[C@@H]1CCCN1)c1ccc(-c2ccc(OCC3CCN(CC4(C(F)(F)F)CC4)CC3)nc2)cc1. The summed E-state index contributed by atoms with van der Waals surface area (Å²) in [6.07, 6.45) is 1.38. The quantitative estimate of drug-likeness (QED) is 0.498. The first kappa shape index (κ1) is 26.6. The molecule has 1 aromatic carbocycles. The Bertz CT molecular complexity index is 1120. The smallest absolute Gasteiger partial charge is 0.395 e. The highest BCUT2D eigenvalue weighted by molar-refractivity contribution is 6.06. The summed E-state index contributed by atoms with van der Waals surface area (Å²) < 4.78 is 45.6. The van der Waals surface area contributed by atoms with E-state index in [4.69, 9.17) is 4.74 Å². The van der Waals surface area contributed by atoms with Gasteiger partial charge in [0.1, 0.15) is 0 Å². The van der Waals surface area contributed by atoms with E-state index in [2.05, 4.69) is 15.6 Å². The summed E-state index contributed by atoms with van der Waals surface area (Å²) in [6.45, 7) is 2.72. The molecule has 38 heavy (non-hydrogen) atoms. The van der Waals surface area contributed by atoms with Crippen LogP contribution in [0.15, 0.2) is 42.6 Å². The Balaban J connectivity index is 1.06. The summed E-state index contributed by atoms with van der Waals surface area (Å²) in [4.78, 5) is 30.9. The second-order valence-corrected chi connectivity index (χ2v) is 10.7. The number of hydrogen-bond acceptors (Lipinski definition) is 6. The largest absolute Gasteiger partial charge is 0.477 e. The minimum atomic E-state index is -4.10. The number of amides is 2. The van der Waals surface area contributed by atoms with Crippen LogP contribution >= 0.6 is 0 Å². The number of ether oxygens (including phenoxy) is 1. The number of pyridine rings is 1. The monoisotopic (exact) mass is 530 g/mol. The van der Waals surface area contributed by atoms with Gasteiger partial charge >= 0.3 is 6.18 Å². The number of carbonyl (C=O) groups excluding carboxylic acids is 2. The van der Waals surface area contributed by atoms with Crippen LogP contribution in [0, 0.1) is 11.3 Å². The molecule has 3 aliphatic rings. The van der Waals surface area contributed by atoms with E-state index < -0.39 is 17.5 Å². The summed E-state index contributed by atoms with van der Waals surface area (Å²) in [5.74, 6) is 0.0781. The van der Waals surface area contributed by atoms with Crippen LogP contribution in [0.2, 0.25) is 0 Å². The Morgan fingerprint density at radius 3 is 2.34 bits per heavy atom. The van der Waals surface area contributed by atoms with Crippen molar-refractivity contribution >= 4 is 11.8 Å². The van der Waals surface area contributed by atoms with Gasteiger partial charge < -0.3 is 15.0 Å². The van der Waals surface area contributed by atoms with Crippen molar-refractivity contribution in [3.63, 3.8) is 0 Å². The molecule has 1 aliphatic carbocycles. The van der Waals surface area contributed by atoms with Crippen LogP contribution < -0.4 is 15.4 Å².